The average molecular weight is 332 g/mol. The molecule has 2 aromatic rings. The fraction of sp³-hybridized carbons (Fsp3) is 0.125. The Bertz CT molecular complexity index is 843. The zero-order valence-electron chi connectivity index (χ0n) is 12.7. The summed E-state index contributed by atoms with van der Waals surface area (Å²) in [7, 11) is -3.79. The van der Waals surface area contributed by atoms with Crippen LogP contribution in [0.25, 0.3) is 0 Å². The SMILES string of the molecule is CC(=O)Nc1ccc(NS(=O)(=O)c2ccc(C)cc2)c(C=O)c1. The second-order valence-corrected chi connectivity index (χ2v) is 6.70. The summed E-state index contributed by atoms with van der Waals surface area (Å²) in [5, 5.41) is 2.53. The van der Waals surface area contributed by atoms with E-state index in [0.29, 0.717) is 12.0 Å². The molecule has 0 saturated carbocycles. The molecule has 0 atom stereocenters. The van der Waals surface area contributed by atoms with Crippen LogP contribution in [-0.2, 0) is 14.8 Å². The van der Waals surface area contributed by atoms with Crippen molar-refractivity contribution in [3.63, 3.8) is 0 Å². The van der Waals surface area contributed by atoms with Crippen LogP contribution >= 0.6 is 0 Å². The number of rotatable bonds is 5. The maximum atomic E-state index is 12.3. The van der Waals surface area contributed by atoms with Gasteiger partial charge in [-0.15, -0.1) is 0 Å². The molecule has 0 heterocycles. The summed E-state index contributed by atoms with van der Waals surface area (Å²) < 4.78 is 27.1. The van der Waals surface area contributed by atoms with Crippen molar-refractivity contribution in [2.45, 2.75) is 18.7 Å². The van der Waals surface area contributed by atoms with E-state index in [0.717, 1.165) is 5.56 Å². The number of hydrogen-bond donors (Lipinski definition) is 2. The highest BCUT2D eigenvalue weighted by atomic mass is 32.2. The largest absolute Gasteiger partial charge is 0.326 e. The fourth-order valence-electron chi connectivity index (χ4n) is 1.96. The molecule has 0 aliphatic heterocycles. The summed E-state index contributed by atoms with van der Waals surface area (Å²) in [6.45, 7) is 3.20. The first-order valence-corrected chi connectivity index (χ1v) is 8.26. The Labute approximate surface area is 134 Å². The van der Waals surface area contributed by atoms with Crippen LogP contribution in [0.5, 0.6) is 0 Å². The van der Waals surface area contributed by atoms with Gasteiger partial charge in [0, 0.05) is 18.2 Å². The third-order valence-electron chi connectivity index (χ3n) is 3.07. The van der Waals surface area contributed by atoms with Gasteiger partial charge < -0.3 is 5.32 Å². The summed E-state index contributed by atoms with van der Waals surface area (Å²) in [6.07, 6.45) is 0.526. The zero-order valence-corrected chi connectivity index (χ0v) is 13.5. The van der Waals surface area contributed by atoms with Crippen molar-refractivity contribution in [2.75, 3.05) is 10.0 Å². The van der Waals surface area contributed by atoms with E-state index < -0.39 is 10.0 Å². The minimum absolute atomic E-state index is 0.103. The van der Waals surface area contributed by atoms with E-state index in [4.69, 9.17) is 0 Å². The third-order valence-corrected chi connectivity index (χ3v) is 4.46. The number of carbonyl (C=O) groups excluding carboxylic acids is 2. The fourth-order valence-corrected chi connectivity index (χ4v) is 3.04. The molecule has 2 aromatic carbocycles. The van der Waals surface area contributed by atoms with Gasteiger partial charge in [-0.25, -0.2) is 8.42 Å². The van der Waals surface area contributed by atoms with Gasteiger partial charge in [0.05, 0.1) is 10.6 Å². The summed E-state index contributed by atoms with van der Waals surface area (Å²) in [5.74, 6) is -0.283. The molecule has 1 amide bonds. The normalized spacial score (nSPS) is 10.9. The maximum absolute atomic E-state index is 12.3. The van der Waals surface area contributed by atoms with Gasteiger partial charge in [0.15, 0.2) is 6.29 Å². The van der Waals surface area contributed by atoms with Crippen LogP contribution in [-0.4, -0.2) is 20.6 Å². The molecular formula is C16H16N2O4S. The number of amides is 1. The Hall–Kier alpha value is -2.67. The van der Waals surface area contributed by atoms with Crippen LogP contribution in [0.3, 0.4) is 0 Å². The van der Waals surface area contributed by atoms with Crippen molar-refractivity contribution in [1.82, 2.24) is 0 Å². The van der Waals surface area contributed by atoms with Gasteiger partial charge in [-0.1, -0.05) is 17.7 Å². The first-order valence-electron chi connectivity index (χ1n) is 6.78. The number of anilines is 2. The molecule has 0 aliphatic carbocycles. The lowest BCUT2D eigenvalue weighted by atomic mass is 10.2. The molecule has 0 fully saturated rings. The number of aryl methyl sites for hydroxylation is 1. The molecule has 2 N–H and O–H groups in total. The third kappa shape index (κ3) is 4.17. The highest BCUT2D eigenvalue weighted by Gasteiger charge is 2.16. The molecule has 0 bridgehead atoms. The van der Waals surface area contributed by atoms with Crippen LogP contribution < -0.4 is 10.0 Å². The van der Waals surface area contributed by atoms with Crippen molar-refractivity contribution >= 4 is 33.6 Å². The van der Waals surface area contributed by atoms with Gasteiger partial charge in [-0.2, -0.15) is 0 Å². The molecule has 2 rings (SSSR count). The molecule has 120 valence electrons. The number of sulfonamides is 1. The lowest BCUT2D eigenvalue weighted by molar-refractivity contribution is -0.114. The Kier molecular flexibility index (Phi) is 4.80. The van der Waals surface area contributed by atoms with Crippen LogP contribution in [0.4, 0.5) is 11.4 Å². The van der Waals surface area contributed by atoms with E-state index in [1.165, 1.54) is 37.3 Å². The number of carbonyl (C=O) groups is 2. The van der Waals surface area contributed by atoms with Gasteiger partial charge >= 0.3 is 0 Å². The monoisotopic (exact) mass is 332 g/mol. The van der Waals surface area contributed by atoms with E-state index in [-0.39, 0.29) is 22.1 Å². The van der Waals surface area contributed by atoms with Crippen LogP contribution in [0.1, 0.15) is 22.8 Å². The first-order chi connectivity index (χ1) is 10.8. The summed E-state index contributed by atoms with van der Waals surface area (Å²) in [6, 6.07) is 10.7. The van der Waals surface area contributed by atoms with Gasteiger partial charge in [-0.3, -0.25) is 14.3 Å². The number of nitrogens with one attached hydrogen (secondary N) is 2. The van der Waals surface area contributed by atoms with Crippen LogP contribution in [0.15, 0.2) is 47.4 Å². The molecule has 0 aromatic heterocycles. The standard InChI is InChI=1S/C16H16N2O4S/c1-11-3-6-15(7-4-11)23(21,22)18-16-8-5-14(17-12(2)20)9-13(16)10-19/h3-10,18H,1-2H3,(H,17,20). The van der Waals surface area contributed by atoms with Gasteiger partial charge in [-0.05, 0) is 37.3 Å². The molecule has 6 nitrogen and oxygen atoms in total. The van der Waals surface area contributed by atoms with Crippen LogP contribution in [0.2, 0.25) is 0 Å². The van der Waals surface area contributed by atoms with Crippen molar-refractivity contribution in [2.24, 2.45) is 0 Å². The Morgan fingerprint density at radius 2 is 1.74 bits per heavy atom. The predicted molar refractivity (Wildman–Crippen MR) is 88.1 cm³/mol. The summed E-state index contributed by atoms with van der Waals surface area (Å²) in [4.78, 5) is 22.3. The van der Waals surface area contributed by atoms with E-state index in [1.54, 1.807) is 12.1 Å². The van der Waals surface area contributed by atoms with E-state index in [1.807, 2.05) is 6.92 Å². The number of hydrogen-bond acceptors (Lipinski definition) is 4. The smallest absolute Gasteiger partial charge is 0.261 e. The Morgan fingerprint density at radius 3 is 2.30 bits per heavy atom. The second-order valence-electron chi connectivity index (χ2n) is 5.02. The molecule has 7 heteroatoms. The summed E-state index contributed by atoms with van der Waals surface area (Å²) >= 11 is 0. The molecule has 0 saturated heterocycles. The van der Waals surface area contributed by atoms with Crippen molar-refractivity contribution in [3.05, 3.63) is 53.6 Å². The van der Waals surface area contributed by atoms with Crippen LogP contribution in [0, 0.1) is 6.92 Å². The van der Waals surface area contributed by atoms with Gasteiger partial charge in [0.1, 0.15) is 0 Å². The second kappa shape index (κ2) is 6.62. The quantitative estimate of drug-likeness (QED) is 0.823. The number of aldehydes is 1. The molecule has 23 heavy (non-hydrogen) atoms. The number of benzene rings is 2. The van der Waals surface area contributed by atoms with E-state index in [2.05, 4.69) is 10.0 Å². The van der Waals surface area contributed by atoms with E-state index >= 15 is 0 Å². The average Bonchev–Trinajstić information content (AvgIpc) is 2.48. The highest BCUT2D eigenvalue weighted by molar-refractivity contribution is 7.92. The molecule has 0 radical (unpaired) electrons. The van der Waals surface area contributed by atoms with Gasteiger partial charge in [0.25, 0.3) is 10.0 Å². The molecule has 0 unspecified atom stereocenters. The lowest BCUT2D eigenvalue weighted by Crippen LogP contribution is -2.14. The Balaban J connectivity index is 2.33. The summed E-state index contributed by atoms with van der Waals surface area (Å²) in [5.41, 5.74) is 1.64. The molecule has 0 spiro atoms. The minimum Gasteiger partial charge on any atom is -0.326 e. The maximum Gasteiger partial charge on any atom is 0.261 e. The van der Waals surface area contributed by atoms with Gasteiger partial charge in [0.2, 0.25) is 5.91 Å². The topological polar surface area (TPSA) is 92.3 Å². The predicted octanol–water partition coefficient (Wildman–Crippen LogP) is 2.57. The van der Waals surface area contributed by atoms with E-state index in [9.17, 15) is 18.0 Å². The van der Waals surface area contributed by atoms with Crippen molar-refractivity contribution in [3.8, 4) is 0 Å². The molecule has 0 aliphatic rings. The Morgan fingerprint density at radius 1 is 1.09 bits per heavy atom. The lowest BCUT2D eigenvalue weighted by Gasteiger charge is -2.11. The van der Waals surface area contributed by atoms with Crippen molar-refractivity contribution < 1.29 is 18.0 Å². The first kappa shape index (κ1) is 16.7. The molecular weight excluding hydrogens is 316 g/mol. The van der Waals surface area contributed by atoms with Crippen molar-refractivity contribution in [1.29, 1.82) is 0 Å². The minimum atomic E-state index is -3.79. The zero-order chi connectivity index (χ0) is 17.0. The highest BCUT2D eigenvalue weighted by Crippen LogP contribution is 2.22.